The van der Waals surface area contributed by atoms with Crippen LogP contribution in [0.25, 0.3) is 22.3 Å². The maximum Gasteiger partial charge on any atom is 0.219 e. The Labute approximate surface area is 138 Å². The molecule has 1 aromatic heterocycles. The van der Waals surface area contributed by atoms with Crippen molar-refractivity contribution in [1.29, 1.82) is 5.26 Å². The first-order chi connectivity index (χ1) is 11.7. The molecule has 0 saturated carbocycles. The van der Waals surface area contributed by atoms with Gasteiger partial charge in [-0.25, -0.2) is 14.4 Å². The lowest BCUT2D eigenvalue weighted by molar-refractivity contribution is 0.370. The maximum atomic E-state index is 13.5. The summed E-state index contributed by atoms with van der Waals surface area (Å²) in [6, 6.07) is 13.6. The molecule has 0 fully saturated rings. The van der Waals surface area contributed by atoms with E-state index in [9.17, 15) is 4.39 Å². The van der Waals surface area contributed by atoms with Gasteiger partial charge in [0.2, 0.25) is 5.95 Å². The Bertz CT molecular complexity index is 904. The second-order valence-corrected chi connectivity index (χ2v) is 5.00. The Hall–Kier alpha value is -3.46. The van der Waals surface area contributed by atoms with Gasteiger partial charge in [-0.15, -0.1) is 0 Å². The van der Waals surface area contributed by atoms with Crippen LogP contribution in [0.1, 0.15) is 0 Å². The smallest absolute Gasteiger partial charge is 0.219 e. The molecule has 0 bridgehead atoms. The Balaban J connectivity index is 2.06. The average Bonchev–Trinajstić information content (AvgIpc) is 2.60. The Kier molecular flexibility index (Phi) is 4.34. The molecule has 5 nitrogen and oxygen atoms in total. The molecule has 0 unspecified atom stereocenters. The van der Waals surface area contributed by atoms with Crippen LogP contribution in [0.15, 0.2) is 54.9 Å². The van der Waals surface area contributed by atoms with Crippen LogP contribution in [0.4, 0.5) is 10.3 Å². The first-order valence-corrected chi connectivity index (χ1v) is 7.15. The molecule has 24 heavy (non-hydrogen) atoms. The van der Waals surface area contributed by atoms with Gasteiger partial charge in [-0.2, -0.15) is 5.26 Å². The zero-order chi connectivity index (χ0) is 16.9. The van der Waals surface area contributed by atoms with Crippen molar-refractivity contribution in [1.82, 2.24) is 9.97 Å². The van der Waals surface area contributed by atoms with Crippen molar-refractivity contribution in [2.24, 2.45) is 0 Å². The van der Waals surface area contributed by atoms with Crippen molar-refractivity contribution >= 4 is 5.95 Å². The molecule has 2 aromatic carbocycles. The molecule has 0 aliphatic carbocycles. The third kappa shape index (κ3) is 3.31. The highest BCUT2D eigenvalue weighted by Gasteiger charge is 2.10. The van der Waals surface area contributed by atoms with Gasteiger partial charge in [0.05, 0.1) is 0 Å². The van der Waals surface area contributed by atoms with Crippen molar-refractivity contribution in [3.8, 4) is 34.1 Å². The lowest BCUT2D eigenvalue weighted by Crippen LogP contribution is -1.97. The highest BCUT2D eigenvalue weighted by Crippen LogP contribution is 2.34. The fourth-order valence-corrected chi connectivity index (χ4v) is 2.31. The van der Waals surface area contributed by atoms with E-state index in [1.54, 1.807) is 30.6 Å². The van der Waals surface area contributed by atoms with Crippen molar-refractivity contribution in [2.45, 2.75) is 0 Å². The van der Waals surface area contributed by atoms with Gasteiger partial charge in [0, 0.05) is 23.5 Å². The number of hydrogen-bond donors (Lipinski definition) is 1. The topological polar surface area (TPSA) is 84.8 Å². The molecule has 0 saturated heterocycles. The second kappa shape index (κ2) is 6.75. The summed E-state index contributed by atoms with van der Waals surface area (Å²) in [7, 11) is 0. The zero-order valence-electron chi connectivity index (χ0n) is 12.6. The number of benzene rings is 2. The summed E-state index contributed by atoms with van der Waals surface area (Å²) < 4.78 is 19.0. The zero-order valence-corrected chi connectivity index (χ0v) is 12.6. The van der Waals surface area contributed by atoms with Crippen LogP contribution < -0.4 is 10.5 Å². The molecule has 3 rings (SSSR count). The van der Waals surface area contributed by atoms with Crippen LogP contribution in [0.2, 0.25) is 0 Å². The van der Waals surface area contributed by atoms with E-state index in [-0.39, 0.29) is 18.4 Å². The van der Waals surface area contributed by atoms with Crippen molar-refractivity contribution < 1.29 is 9.13 Å². The number of halogens is 1. The van der Waals surface area contributed by atoms with Crippen LogP contribution >= 0.6 is 0 Å². The first kappa shape index (κ1) is 15.4. The van der Waals surface area contributed by atoms with E-state index < -0.39 is 0 Å². The lowest BCUT2D eigenvalue weighted by Gasteiger charge is -2.12. The number of nitrogens with two attached hydrogens (primary N) is 1. The van der Waals surface area contributed by atoms with Crippen LogP contribution in [0, 0.1) is 17.1 Å². The molecule has 3 aromatic rings. The van der Waals surface area contributed by atoms with Crippen molar-refractivity contribution in [3.05, 3.63) is 60.7 Å². The third-order valence-corrected chi connectivity index (χ3v) is 3.41. The fourth-order valence-electron chi connectivity index (χ4n) is 2.31. The minimum atomic E-state index is -0.338. The predicted octanol–water partition coefficient (Wildman–Crippen LogP) is 3.43. The van der Waals surface area contributed by atoms with Crippen LogP contribution in [0.3, 0.4) is 0 Å². The van der Waals surface area contributed by atoms with Gasteiger partial charge >= 0.3 is 0 Å². The molecule has 0 aliphatic rings. The predicted molar refractivity (Wildman–Crippen MR) is 88.4 cm³/mol. The van der Waals surface area contributed by atoms with E-state index in [4.69, 9.17) is 15.7 Å². The molecule has 0 aliphatic heterocycles. The number of hydrogen-bond acceptors (Lipinski definition) is 5. The Morgan fingerprint density at radius 3 is 2.54 bits per heavy atom. The number of aromatic nitrogens is 2. The number of nitriles is 1. The van der Waals surface area contributed by atoms with Gasteiger partial charge in [-0.1, -0.05) is 24.3 Å². The summed E-state index contributed by atoms with van der Waals surface area (Å²) in [5.74, 6) is 0.335. The molecule has 0 spiro atoms. The van der Waals surface area contributed by atoms with Gasteiger partial charge in [0.1, 0.15) is 17.6 Å². The lowest BCUT2D eigenvalue weighted by atomic mass is 10.0. The maximum absolute atomic E-state index is 13.5. The number of rotatable bonds is 4. The van der Waals surface area contributed by atoms with E-state index >= 15 is 0 Å². The van der Waals surface area contributed by atoms with E-state index in [0.717, 1.165) is 11.1 Å². The molecule has 1 heterocycles. The van der Waals surface area contributed by atoms with Crippen LogP contribution in [0.5, 0.6) is 5.75 Å². The molecule has 0 amide bonds. The SMILES string of the molecule is N#CCOc1cc(-c2cnc(N)nc2)ccc1-c1cccc(F)c1. The highest BCUT2D eigenvalue weighted by atomic mass is 19.1. The molecular weight excluding hydrogens is 307 g/mol. The standard InChI is InChI=1S/C18H13FN4O/c19-15-3-1-2-13(8-15)16-5-4-12(9-17(16)24-7-6-20)14-10-22-18(21)23-11-14/h1-5,8-11H,7H2,(H2,21,22,23). The van der Waals surface area contributed by atoms with Gasteiger partial charge < -0.3 is 10.5 Å². The fraction of sp³-hybridized carbons (Fsp3) is 0.0556. The second-order valence-electron chi connectivity index (χ2n) is 5.00. The summed E-state index contributed by atoms with van der Waals surface area (Å²) in [5.41, 5.74) is 8.43. The first-order valence-electron chi connectivity index (χ1n) is 7.15. The van der Waals surface area contributed by atoms with Crippen molar-refractivity contribution in [3.63, 3.8) is 0 Å². The van der Waals surface area contributed by atoms with Crippen molar-refractivity contribution in [2.75, 3.05) is 12.3 Å². The molecule has 0 radical (unpaired) electrons. The molecule has 0 atom stereocenters. The number of nitrogens with zero attached hydrogens (tertiary/aromatic N) is 3. The minimum absolute atomic E-state index is 0.107. The minimum Gasteiger partial charge on any atom is -0.478 e. The quantitative estimate of drug-likeness (QED) is 0.796. The van der Waals surface area contributed by atoms with Crippen LogP contribution in [-0.2, 0) is 0 Å². The average molecular weight is 320 g/mol. The van der Waals surface area contributed by atoms with E-state index in [0.29, 0.717) is 16.9 Å². The molecule has 2 N–H and O–H groups in total. The summed E-state index contributed by atoms with van der Waals surface area (Å²) in [5, 5.41) is 8.78. The van der Waals surface area contributed by atoms with E-state index in [2.05, 4.69) is 9.97 Å². The summed E-state index contributed by atoms with van der Waals surface area (Å²) in [6.45, 7) is -0.107. The van der Waals surface area contributed by atoms with E-state index in [1.807, 2.05) is 18.2 Å². The van der Waals surface area contributed by atoms with E-state index in [1.165, 1.54) is 12.1 Å². The summed E-state index contributed by atoms with van der Waals surface area (Å²) >= 11 is 0. The monoisotopic (exact) mass is 320 g/mol. The number of anilines is 1. The summed E-state index contributed by atoms with van der Waals surface area (Å²) in [6.07, 6.45) is 3.21. The molecule has 6 heteroatoms. The number of ether oxygens (including phenoxy) is 1. The largest absolute Gasteiger partial charge is 0.478 e. The van der Waals surface area contributed by atoms with Gasteiger partial charge in [0.15, 0.2) is 6.61 Å². The van der Waals surface area contributed by atoms with Gasteiger partial charge in [0.25, 0.3) is 0 Å². The Morgan fingerprint density at radius 1 is 1.04 bits per heavy atom. The number of nitrogen functional groups attached to an aromatic ring is 1. The molecule has 118 valence electrons. The van der Waals surface area contributed by atoms with Crippen LogP contribution in [-0.4, -0.2) is 16.6 Å². The van der Waals surface area contributed by atoms with Gasteiger partial charge in [-0.3, -0.25) is 0 Å². The Morgan fingerprint density at radius 2 is 1.83 bits per heavy atom. The molecular formula is C18H13FN4O. The summed E-state index contributed by atoms with van der Waals surface area (Å²) in [4.78, 5) is 7.93. The van der Waals surface area contributed by atoms with Gasteiger partial charge in [-0.05, 0) is 29.3 Å². The normalized spacial score (nSPS) is 10.2. The third-order valence-electron chi connectivity index (χ3n) is 3.41. The highest BCUT2D eigenvalue weighted by molar-refractivity contribution is 5.76.